The van der Waals surface area contributed by atoms with Gasteiger partial charge >= 0.3 is 5.97 Å². The summed E-state index contributed by atoms with van der Waals surface area (Å²) < 4.78 is 27.1. The van der Waals surface area contributed by atoms with Crippen LogP contribution in [0.4, 0.5) is 5.69 Å². The van der Waals surface area contributed by atoms with Gasteiger partial charge in [0.05, 0.1) is 16.1 Å². The Balaban J connectivity index is 2.38. The zero-order valence-electron chi connectivity index (χ0n) is 12.4. The lowest BCUT2D eigenvalue weighted by molar-refractivity contribution is 0.0698. The van der Waals surface area contributed by atoms with Crippen molar-refractivity contribution in [3.63, 3.8) is 0 Å². The number of halogens is 1. The summed E-state index contributed by atoms with van der Waals surface area (Å²) in [5, 5.41) is 9.29. The van der Waals surface area contributed by atoms with Crippen molar-refractivity contribution in [1.82, 2.24) is 0 Å². The van der Waals surface area contributed by atoms with Crippen LogP contribution >= 0.6 is 11.6 Å². The molecule has 2 N–H and O–H groups in total. The number of carboxylic acids is 1. The minimum atomic E-state index is -3.85. The molecule has 0 atom stereocenters. The molecule has 0 saturated carbocycles. The summed E-state index contributed by atoms with van der Waals surface area (Å²) in [7, 11) is -3.85. The number of nitrogens with one attached hydrogen (secondary N) is 1. The second-order valence-electron chi connectivity index (χ2n) is 5.04. The van der Waals surface area contributed by atoms with Crippen molar-refractivity contribution < 1.29 is 18.3 Å². The number of rotatable bonds is 6. The Morgan fingerprint density at radius 1 is 1.17 bits per heavy atom. The maximum Gasteiger partial charge on any atom is 0.337 e. The number of aromatic carboxylic acids is 1. The molecule has 0 bridgehead atoms. The minimum absolute atomic E-state index is 0.0244. The maximum atomic E-state index is 12.4. The van der Waals surface area contributed by atoms with Crippen LogP contribution in [0, 0.1) is 6.92 Å². The van der Waals surface area contributed by atoms with Gasteiger partial charge in [0.2, 0.25) is 0 Å². The van der Waals surface area contributed by atoms with Crippen LogP contribution in [-0.2, 0) is 16.4 Å². The van der Waals surface area contributed by atoms with E-state index in [0.29, 0.717) is 12.3 Å². The Labute approximate surface area is 140 Å². The number of sulfonamides is 1. The zero-order chi connectivity index (χ0) is 17.0. The molecule has 0 amide bonds. The van der Waals surface area contributed by atoms with Crippen molar-refractivity contribution in [3.8, 4) is 0 Å². The molecule has 0 radical (unpaired) electrons. The van der Waals surface area contributed by atoms with Crippen LogP contribution < -0.4 is 4.72 Å². The van der Waals surface area contributed by atoms with Gasteiger partial charge in [0, 0.05) is 5.88 Å². The fourth-order valence-electron chi connectivity index (χ4n) is 2.04. The average molecular weight is 354 g/mol. The molecule has 2 aromatic carbocycles. The quantitative estimate of drug-likeness (QED) is 0.781. The molecule has 0 aliphatic heterocycles. The predicted octanol–water partition coefficient (Wildman–Crippen LogP) is 3.28. The van der Waals surface area contributed by atoms with Gasteiger partial charge in [-0.25, -0.2) is 13.2 Å². The molecule has 0 unspecified atom stereocenters. The molecule has 5 nitrogen and oxygen atoms in total. The number of aryl methyl sites for hydroxylation is 2. The average Bonchev–Trinajstić information content (AvgIpc) is 2.49. The first-order valence-corrected chi connectivity index (χ1v) is 8.87. The molecule has 2 aromatic rings. The van der Waals surface area contributed by atoms with E-state index >= 15 is 0 Å². The Morgan fingerprint density at radius 3 is 2.39 bits per heavy atom. The van der Waals surface area contributed by atoms with E-state index in [1.165, 1.54) is 24.3 Å². The molecule has 0 aliphatic rings. The van der Waals surface area contributed by atoms with Crippen molar-refractivity contribution >= 4 is 33.3 Å². The summed E-state index contributed by atoms with van der Waals surface area (Å²) in [6.07, 6.45) is 0.507. The molecule has 2 rings (SSSR count). The Hall–Kier alpha value is -2.05. The highest BCUT2D eigenvalue weighted by atomic mass is 35.5. The molecule has 0 aliphatic carbocycles. The number of hydrogen-bond donors (Lipinski definition) is 2. The van der Waals surface area contributed by atoms with E-state index < -0.39 is 16.0 Å². The topological polar surface area (TPSA) is 83.5 Å². The summed E-state index contributed by atoms with van der Waals surface area (Å²) >= 11 is 5.65. The summed E-state index contributed by atoms with van der Waals surface area (Å²) in [5.74, 6) is -0.851. The van der Waals surface area contributed by atoms with Crippen molar-refractivity contribution in [2.24, 2.45) is 0 Å². The second kappa shape index (κ2) is 7.02. The van der Waals surface area contributed by atoms with E-state index in [-0.39, 0.29) is 16.1 Å². The Bertz CT molecular complexity index is 816. The standard InChI is InChI=1S/C16H16ClNO4S/c1-11-2-5-13(6-3-11)23(21,22)18-15-7-4-12(8-9-17)10-14(15)16(19)20/h2-7,10,18H,8-9H2,1H3,(H,19,20). The molecular weight excluding hydrogens is 338 g/mol. The van der Waals surface area contributed by atoms with Gasteiger partial charge in [-0.3, -0.25) is 4.72 Å². The SMILES string of the molecule is Cc1ccc(S(=O)(=O)Nc2ccc(CCCl)cc2C(=O)O)cc1. The minimum Gasteiger partial charge on any atom is -0.478 e. The smallest absolute Gasteiger partial charge is 0.337 e. The molecule has 0 heterocycles. The van der Waals surface area contributed by atoms with Crippen LogP contribution in [0.2, 0.25) is 0 Å². The van der Waals surface area contributed by atoms with Gasteiger partial charge in [0.1, 0.15) is 0 Å². The number of hydrogen-bond acceptors (Lipinski definition) is 3. The van der Waals surface area contributed by atoms with Gasteiger partial charge in [-0.05, 0) is 43.2 Å². The second-order valence-corrected chi connectivity index (χ2v) is 7.10. The van der Waals surface area contributed by atoms with Gasteiger partial charge < -0.3 is 5.11 Å². The molecule has 7 heteroatoms. The monoisotopic (exact) mass is 353 g/mol. The fraction of sp³-hybridized carbons (Fsp3) is 0.188. The molecule has 0 fully saturated rings. The van der Waals surface area contributed by atoms with E-state index in [4.69, 9.17) is 11.6 Å². The van der Waals surface area contributed by atoms with E-state index in [2.05, 4.69) is 4.72 Å². The van der Waals surface area contributed by atoms with Crippen LogP contribution in [0.1, 0.15) is 21.5 Å². The van der Waals surface area contributed by atoms with Crippen molar-refractivity contribution in [1.29, 1.82) is 0 Å². The van der Waals surface area contributed by atoms with E-state index in [0.717, 1.165) is 11.1 Å². The van der Waals surface area contributed by atoms with Crippen LogP contribution in [-0.4, -0.2) is 25.4 Å². The lowest BCUT2D eigenvalue weighted by Crippen LogP contribution is -2.16. The molecule has 0 spiro atoms. The van der Waals surface area contributed by atoms with Gasteiger partial charge in [-0.1, -0.05) is 23.8 Å². The summed E-state index contributed by atoms with van der Waals surface area (Å²) in [6.45, 7) is 1.85. The van der Waals surface area contributed by atoms with E-state index in [1.807, 2.05) is 6.92 Å². The lowest BCUT2D eigenvalue weighted by atomic mass is 10.1. The number of benzene rings is 2. The highest BCUT2D eigenvalue weighted by Crippen LogP contribution is 2.22. The Kier molecular flexibility index (Phi) is 5.28. The van der Waals surface area contributed by atoms with Gasteiger partial charge in [0.15, 0.2) is 0 Å². The third-order valence-electron chi connectivity index (χ3n) is 3.27. The molecule has 0 aromatic heterocycles. The normalized spacial score (nSPS) is 11.2. The van der Waals surface area contributed by atoms with Crippen molar-refractivity contribution in [3.05, 3.63) is 59.2 Å². The summed E-state index contributed by atoms with van der Waals surface area (Å²) in [5.41, 5.74) is 1.58. The number of carbonyl (C=O) groups is 1. The molecular formula is C16H16ClNO4S. The number of anilines is 1. The third-order valence-corrected chi connectivity index (χ3v) is 4.84. The Morgan fingerprint density at radius 2 is 1.83 bits per heavy atom. The molecule has 23 heavy (non-hydrogen) atoms. The predicted molar refractivity (Wildman–Crippen MR) is 89.8 cm³/mol. The third kappa shape index (κ3) is 4.24. The van der Waals surface area contributed by atoms with Crippen LogP contribution in [0.5, 0.6) is 0 Å². The lowest BCUT2D eigenvalue weighted by Gasteiger charge is -2.12. The fourth-order valence-corrected chi connectivity index (χ4v) is 3.34. The first-order chi connectivity index (χ1) is 10.8. The van der Waals surface area contributed by atoms with Crippen molar-refractivity contribution in [2.45, 2.75) is 18.2 Å². The summed E-state index contributed by atoms with van der Waals surface area (Å²) in [4.78, 5) is 11.5. The van der Waals surface area contributed by atoms with Gasteiger partial charge in [-0.15, -0.1) is 11.6 Å². The number of alkyl halides is 1. The molecule has 122 valence electrons. The van der Waals surface area contributed by atoms with E-state index in [9.17, 15) is 18.3 Å². The zero-order valence-corrected chi connectivity index (χ0v) is 14.0. The van der Waals surface area contributed by atoms with E-state index in [1.54, 1.807) is 18.2 Å². The van der Waals surface area contributed by atoms with Gasteiger partial charge in [0.25, 0.3) is 10.0 Å². The highest BCUT2D eigenvalue weighted by molar-refractivity contribution is 7.92. The first-order valence-electron chi connectivity index (χ1n) is 6.85. The van der Waals surface area contributed by atoms with Gasteiger partial charge in [-0.2, -0.15) is 0 Å². The van der Waals surface area contributed by atoms with Crippen molar-refractivity contribution in [2.75, 3.05) is 10.6 Å². The summed E-state index contributed by atoms with van der Waals surface area (Å²) in [6, 6.07) is 10.8. The van der Waals surface area contributed by atoms with Crippen LogP contribution in [0.3, 0.4) is 0 Å². The van der Waals surface area contributed by atoms with Crippen LogP contribution in [0.15, 0.2) is 47.4 Å². The molecule has 0 saturated heterocycles. The van der Waals surface area contributed by atoms with Crippen LogP contribution in [0.25, 0.3) is 0 Å². The largest absolute Gasteiger partial charge is 0.478 e. The highest BCUT2D eigenvalue weighted by Gasteiger charge is 2.18. The first kappa shape index (κ1) is 17.3. The maximum absolute atomic E-state index is 12.4. The number of carboxylic acid groups (broad SMARTS) is 1.